The van der Waals surface area contributed by atoms with E-state index in [4.69, 9.17) is 10.5 Å². The minimum atomic E-state index is 0.682. The van der Waals surface area contributed by atoms with Crippen molar-refractivity contribution >= 4 is 17.1 Å². The van der Waals surface area contributed by atoms with Gasteiger partial charge in [0.15, 0.2) is 0 Å². The Hall–Kier alpha value is -2.16. The standard InChI is InChI=1S/C16H20N2O/c1-4-19-16-10-9-13(11-12(16)2)18(3)15-8-6-5-7-14(15)17/h5-11H,4,17H2,1-3H3. The third-order valence-electron chi connectivity index (χ3n) is 3.14. The smallest absolute Gasteiger partial charge is 0.122 e. The van der Waals surface area contributed by atoms with E-state index in [1.54, 1.807) is 0 Å². The van der Waals surface area contributed by atoms with Crippen molar-refractivity contribution < 1.29 is 4.74 Å². The number of aryl methyl sites for hydroxylation is 1. The van der Waals surface area contributed by atoms with Gasteiger partial charge in [0.25, 0.3) is 0 Å². The molecular weight excluding hydrogens is 236 g/mol. The van der Waals surface area contributed by atoms with E-state index in [0.717, 1.165) is 28.4 Å². The van der Waals surface area contributed by atoms with Crippen molar-refractivity contribution in [3.63, 3.8) is 0 Å². The van der Waals surface area contributed by atoms with E-state index in [1.807, 2.05) is 50.4 Å². The van der Waals surface area contributed by atoms with Crippen LogP contribution in [0.5, 0.6) is 5.75 Å². The molecule has 0 aliphatic heterocycles. The first kappa shape index (κ1) is 13.3. The molecule has 2 rings (SSSR count). The normalized spacial score (nSPS) is 10.3. The molecule has 2 N–H and O–H groups in total. The fourth-order valence-corrected chi connectivity index (χ4v) is 2.09. The zero-order chi connectivity index (χ0) is 13.8. The number of benzene rings is 2. The molecule has 0 aliphatic carbocycles. The van der Waals surface area contributed by atoms with Gasteiger partial charge in [0, 0.05) is 12.7 Å². The zero-order valence-corrected chi connectivity index (χ0v) is 11.7. The molecular formula is C16H20N2O. The number of ether oxygens (including phenoxy) is 1. The van der Waals surface area contributed by atoms with Gasteiger partial charge in [0.1, 0.15) is 5.75 Å². The quantitative estimate of drug-likeness (QED) is 0.847. The monoisotopic (exact) mass is 256 g/mol. The van der Waals surface area contributed by atoms with Crippen LogP contribution in [-0.4, -0.2) is 13.7 Å². The number of nitrogens with two attached hydrogens (primary N) is 1. The number of para-hydroxylation sites is 2. The third-order valence-corrected chi connectivity index (χ3v) is 3.14. The summed E-state index contributed by atoms with van der Waals surface area (Å²) in [6.07, 6.45) is 0. The van der Waals surface area contributed by atoms with Gasteiger partial charge in [0.05, 0.1) is 18.0 Å². The van der Waals surface area contributed by atoms with Crippen LogP contribution < -0.4 is 15.4 Å². The molecule has 2 aromatic rings. The molecule has 0 radical (unpaired) electrons. The van der Waals surface area contributed by atoms with E-state index >= 15 is 0 Å². The van der Waals surface area contributed by atoms with E-state index in [2.05, 4.69) is 17.9 Å². The molecule has 0 heterocycles. The van der Waals surface area contributed by atoms with Gasteiger partial charge in [-0.3, -0.25) is 0 Å². The Morgan fingerprint density at radius 2 is 1.89 bits per heavy atom. The lowest BCUT2D eigenvalue weighted by atomic mass is 10.1. The predicted molar refractivity (Wildman–Crippen MR) is 81.3 cm³/mol. The molecule has 19 heavy (non-hydrogen) atoms. The van der Waals surface area contributed by atoms with Gasteiger partial charge in [-0.1, -0.05) is 12.1 Å². The zero-order valence-electron chi connectivity index (χ0n) is 11.7. The van der Waals surface area contributed by atoms with Crippen LogP contribution in [-0.2, 0) is 0 Å². The molecule has 0 unspecified atom stereocenters. The molecule has 0 aromatic heterocycles. The number of anilines is 3. The molecule has 2 aromatic carbocycles. The Kier molecular flexibility index (Phi) is 3.95. The summed E-state index contributed by atoms with van der Waals surface area (Å²) in [5.74, 6) is 0.931. The van der Waals surface area contributed by atoms with Gasteiger partial charge in [-0.25, -0.2) is 0 Å². The van der Waals surface area contributed by atoms with Crippen molar-refractivity contribution in [3.05, 3.63) is 48.0 Å². The molecule has 3 nitrogen and oxygen atoms in total. The Labute approximate surface area is 114 Å². The predicted octanol–water partition coefficient (Wildman–Crippen LogP) is 3.74. The summed E-state index contributed by atoms with van der Waals surface area (Å²) < 4.78 is 5.56. The van der Waals surface area contributed by atoms with Crippen molar-refractivity contribution in [2.45, 2.75) is 13.8 Å². The van der Waals surface area contributed by atoms with Crippen LogP contribution in [0.4, 0.5) is 17.1 Å². The van der Waals surface area contributed by atoms with Crippen molar-refractivity contribution in [2.75, 3.05) is 24.3 Å². The summed E-state index contributed by atoms with van der Waals surface area (Å²) in [6, 6.07) is 14.0. The highest BCUT2D eigenvalue weighted by Crippen LogP contribution is 2.31. The minimum Gasteiger partial charge on any atom is -0.494 e. The number of nitrogen functional groups attached to an aromatic ring is 1. The first-order valence-corrected chi connectivity index (χ1v) is 6.45. The van der Waals surface area contributed by atoms with E-state index in [9.17, 15) is 0 Å². The summed E-state index contributed by atoms with van der Waals surface area (Å²) in [5, 5.41) is 0. The summed E-state index contributed by atoms with van der Waals surface area (Å²) in [6.45, 7) is 4.72. The van der Waals surface area contributed by atoms with Crippen molar-refractivity contribution in [1.29, 1.82) is 0 Å². The summed E-state index contributed by atoms with van der Waals surface area (Å²) in [4.78, 5) is 2.08. The maximum absolute atomic E-state index is 6.01. The first-order chi connectivity index (χ1) is 9.13. The van der Waals surface area contributed by atoms with Gasteiger partial charge < -0.3 is 15.4 Å². The van der Waals surface area contributed by atoms with Gasteiger partial charge in [-0.2, -0.15) is 0 Å². The topological polar surface area (TPSA) is 38.5 Å². The molecule has 100 valence electrons. The van der Waals surface area contributed by atoms with Crippen LogP contribution in [0, 0.1) is 6.92 Å². The second-order valence-electron chi connectivity index (χ2n) is 4.50. The highest BCUT2D eigenvalue weighted by molar-refractivity contribution is 5.74. The summed E-state index contributed by atoms with van der Waals surface area (Å²) in [7, 11) is 2.01. The van der Waals surface area contributed by atoms with Crippen LogP contribution in [0.3, 0.4) is 0 Å². The van der Waals surface area contributed by atoms with Crippen molar-refractivity contribution in [2.24, 2.45) is 0 Å². The number of nitrogens with zero attached hydrogens (tertiary/aromatic N) is 1. The van der Waals surface area contributed by atoms with Crippen LogP contribution >= 0.6 is 0 Å². The maximum Gasteiger partial charge on any atom is 0.122 e. The molecule has 0 atom stereocenters. The van der Waals surface area contributed by atoms with Crippen LogP contribution in [0.2, 0.25) is 0 Å². The van der Waals surface area contributed by atoms with Gasteiger partial charge in [-0.05, 0) is 49.7 Å². The van der Waals surface area contributed by atoms with Crippen LogP contribution in [0.25, 0.3) is 0 Å². The fourth-order valence-electron chi connectivity index (χ4n) is 2.09. The lowest BCUT2D eigenvalue weighted by Crippen LogP contribution is -2.11. The largest absolute Gasteiger partial charge is 0.494 e. The Bertz CT molecular complexity index is 566. The molecule has 3 heteroatoms. The first-order valence-electron chi connectivity index (χ1n) is 6.45. The van der Waals surface area contributed by atoms with Crippen LogP contribution in [0.15, 0.2) is 42.5 Å². The second kappa shape index (κ2) is 5.65. The SMILES string of the molecule is CCOc1ccc(N(C)c2ccccc2N)cc1C. The van der Waals surface area contributed by atoms with E-state index in [0.29, 0.717) is 6.61 Å². The Morgan fingerprint density at radius 1 is 1.16 bits per heavy atom. The highest BCUT2D eigenvalue weighted by Gasteiger charge is 2.08. The van der Waals surface area contributed by atoms with E-state index < -0.39 is 0 Å². The van der Waals surface area contributed by atoms with Crippen molar-refractivity contribution in [1.82, 2.24) is 0 Å². The number of hydrogen-bond donors (Lipinski definition) is 1. The van der Waals surface area contributed by atoms with Crippen LogP contribution in [0.1, 0.15) is 12.5 Å². The second-order valence-corrected chi connectivity index (χ2v) is 4.50. The lowest BCUT2D eigenvalue weighted by Gasteiger charge is -2.22. The maximum atomic E-state index is 6.01. The fraction of sp³-hybridized carbons (Fsp3) is 0.250. The van der Waals surface area contributed by atoms with E-state index in [1.165, 1.54) is 0 Å². The molecule has 0 amide bonds. The van der Waals surface area contributed by atoms with Gasteiger partial charge >= 0.3 is 0 Å². The third kappa shape index (κ3) is 2.81. The Balaban J connectivity index is 2.32. The van der Waals surface area contributed by atoms with Gasteiger partial charge in [-0.15, -0.1) is 0 Å². The van der Waals surface area contributed by atoms with Crippen molar-refractivity contribution in [3.8, 4) is 5.75 Å². The summed E-state index contributed by atoms with van der Waals surface area (Å²) in [5.41, 5.74) is 10.0. The molecule has 0 bridgehead atoms. The lowest BCUT2D eigenvalue weighted by molar-refractivity contribution is 0.338. The molecule has 0 spiro atoms. The molecule has 0 fully saturated rings. The average molecular weight is 256 g/mol. The molecule has 0 saturated heterocycles. The van der Waals surface area contributed by atoms with E-state index in [-0.39, 0.29) is 0 Å². The highest BCUT2D eigenvalue weighted by atomic mass is 16.5. The average Bonchev–Trinajstić information content (AvgIpc) is 2.41. The molecule has 0 saturated carbocycles. The van der Waals surface area contributed by atoms with Gasteiger partial charge in [0.2, 0.25) is 0 Å². The minimum absolute atomic E-state index is 0.682. The summed E-state index contributed by atoms with van der Waals surface area (Å²) >= 11 is 0. The number of hydrogen-bond acceptors (Lipinski definition) is 3. The Morgan fingerprint density at radius 3 is 2.53 bits per heavy atom. The molecule has 0 aliphatic rings. The number of rotatable bonds is 4.